The van der Waals surface area contributed by atoms with Crippen molar-refractivity contribution in [2.45, 2.75) is 13.3 Å². The molecule has 0 saturated carbocycles. The highest BCUT2D eigenvalue weighted by molar-refractivity contribution is 5.94. The molecule has 0 unspecified atom stereocenters. The number of amides is 1. The highest BCUT2D eigenvalue weighted by Gasteiger charge is 2.21. The second kappa shape index (κ2) is 9.43. The Morgan fingerprint density at radius 1 is 1.11 bits per heavy atom. The highest BCUT2D eigenvalue weighted by Crippen LogP contribution is 2.17. The molecule has 144 valence electrons. The third kappa shape index (κ3) is 5.24. The molecule has 0 atom stereocenters. The van der Waals surface area contributed by atoms with Crippen LogP contribution in [-0.4, -0.2) is 71.6 Å². The molecule has 7 heteroatoms. The van der Waals surface area contributed by atoms with Crippen LogP contribution in [0.1, 0.15) is 23.7 Å². The van der Waals surface area contributed by atoms with E-state index in [1.54, 1.807) is 18.3 Å². The second-order valence-corrected chi connectivity index (χ2v) is 6.63. The van der Waals surface area contributed by atoms with Crippen molar-refractivity contribution in [1.29, 1.82) is 0 Å². The van der Waals surface area contributed by atoms with Gasteiger partial charge in [0.1, 0.15) is 0 Å². The second-order valence-electron chi connectivity index (χ2n) is 6.63. The summed E-state index contributed by atoms with van der Waals surface area (Å²) in [6, 6.07) is 7.27. The predicted molar refractivity (Wildman–Crippen MR) is 104 cm³/mol. The van der Waals surface area contributed by atoms with E-state index in [4.69, 9.17) is 4.74 Å². The summed E-state index contributed by atoms with van der Waals surface area (Å²) >= 11 is 0. The standard InChI is InChI=1S/C20H26N4O3/c1-2-12-27-13-11-23-7-9-24(10-8-23)20(26)17-5-3-16(4-6-17)18-14-21-15-19(25)22-18/h3-6,14-15H,2,7-13H2,1H3,(H,22,25). The Morgan fingerprint density at radius 2 is 1.85 bits per heavy atom. The van der Waals surface area contributed by atoms with Crippen LogP contribution in [0, 0.1) is 0 Å². The first kappa shape index (κ1) is 19.3. The number of ether oxygens (including phenoxy) is 1. The summed E-state index contributed by atoms with van der Waals surface area (Å²) < 4.78 is 5.54. The van der Waals surface area contributed by atoms with Crippen LogP contribution in [0.5, 0.6) is 0 Å². The molecular formula is C20H26N4O3. The van der Waals surface area contributed by atoms with E-state index in [-0.39, 0.29) is 11.5 Å². The number of benzene rings is 1. The Morgan fingerprint density at radius 3 is 2.52 bits per heavy atom. The van der Waals surface area contributed by atoms with Gasteiger partial charge in [-0.15, -0.1) is 0 Å². The van der Waals surface area contributed by atoms with E-state index in [9.17, 15) is 9.59 Å². The summed E-state index contributed by atoms with van der Waals surface area (Å²) in [5.41, 5.74) is 1.88. The summed E-state index contributed by atoms with van der Waals surface area (Å²) in [4.78, 5) is 35.0. The van der Waals surface area contributed by atoms with Crippen molar-refractivity contribution >= 4 is 5.91 Å². The number of nitrogens with zero attached hydrogens (tertiary/aromatic N) is 3. The first-order valence-corrected chi connectivity index (χ1v) is 9.41. The van der Waals surface area contributed by atoms with Gasteiger partial charge in [-0.05, 0) is 24.1 Å². The number of nitrogens with one attached hydrogen (secondary N) is 1. The normalized spacial score (nSPS) is 15.1. The van der Waals surface area contributed by atoms with E-state index in [0.29, 0.717) is 11.3 Å². The van der Waals surface area contributed by atoms with Gasteiger partial charge in [-0.25, -0.2) is 0 Å². The maximum absolute atomic E-state index is 12.7. The van der Waals surface area contributed by atoms with Crippen LogP contribution in [0.3, 0.4) is 0 Å². The van der Waals surface area contributed by atoms with Gasteiger partial charge in [0.2, 0.25) is 0 Å². The number of carbonyl (C=O) groups excluding carboxylic acids is 1. The number of aromatic nitrogens is 2. The van der Waals surface area contributed by atoms with Crippen molar-refractivity contribution in [3.8, 4) is 11.3 Å². The minimum absolute atomic E-state index is 0.0445. The van der Waals surface area contributed by atoms with Gasteiger partial charge >= 0.3 is 0 Å². The summed E-state index contributed by atoms with van der Waals surface area (Å²) in [6.07, 6.45) is 3.87. The SMILES string of the molecule is CCCOCCN1CCN(C(=O)c2ccc(-c3cncc(=O)[nH]3)cc2)CC1. The van der Waals surface area contributed by atoms with Crippen molar-refractivity contribution in [3.63, 3.8) is 0 Å². The molecular weight excluding hydrogens is 344 g/mol. The molecule has 3 rings (SSSR count). The minimum atomic E-state index is -0.245. The van der Waals surface area contributed by atoms with Crippen LogP contribution in [0.15, 0.2) is 41.5 Å². The van der Waals surface area contributed by atoms with Crippen molar-refractivity contribution in [3.05, 3.63) is 52.6 Å². The molecule has 2 aromatic rings. The third-order valence-corrected chi connectivity index (χ3v) is 4.66. The van der Waals surface area contributed by atoms with Crippen LogP contribution in [0.4, 0.5) is 0 Å². The zero-order valence-electron chi connectivity index (χ0n) is 15.7. The summed E-state index contributed by atoms with van der Waals surface area (Å²) in [6.45, 7) is 7.77. The smallest absolute Gasteiger partial charge is 0.266 e. The Hall–Kier alpha value is -2.51. The van der Waals surface area contributed by atoms with Gasteiger partial charge in [0.05, 0.1) is 24.7 Å². The van der Waals surface area contributed by atoms with Crippen LogP contribution in [0.2, 0.25) is 0 Å². The number of hydrogen-bond acceptors (Lipinski definition) is 5. The molecule has 1 aliphatic rings. The molecule has 1 N–H and O–H groups in total. The minimum Gasteiger partial charge on any atom is -0.380 e. The lowest BCUT2D eigenvalue weighted by Gasteiger charge is -2.34. The summed E-state index contributed by atoms with van der Waals surface area (Å²) in [5, 5.41) is 0. The number of piperazine rings is 1. The molecule has 0 aliphatic carbocycles. The van der Waals surface area contributed by atoms with Gasteiger partial charge in [-0.1, -0.05) is 19.1 Å². The average Bonchev–Trinajstić information content (AvgIpc) is 2.71. The van der Waals surface area contributed by atoms with Gasteiger partial charge in [0.15, 0.2) is 0 Å². The molecule has 1 amide bonds. The summed E-state index contributed by atoms with van der Waals surface area (Å²) in [7, 11) is 0. The molecule has 0 bridgehead atoms. The van der Waals surface area contributed by atoms with Gasteiger partial charge < -0.3 is 14.6 Å². The molecule has 1 aromatic heterocycles. The third-order valence-electron chi connectivity index (χ3n) is 4.66. The lowest BCUT2D eigenvalue weighted by molar-refractivity contribution is 0.0552. The maximum atomic E-state index is 12.7. The Balaban J connectivity index is 1.53. The summed E-state index contributed by atoms with van der Waals surface area (Å²) in [5.74, 6) is 0.0445. The molecule has 1 aromatic carbocycles. The number of H-pyrrole nitrogens is 1. The van der Waals surface area contributed by atoms with Gasteiger partial charge in [0, 0.05) is 44.9 Å². The van der Waals surface area contributed by atoms with Gasteiger partial charge in [-0.2, -0.15) is 0 Å². The largest absolute Gasteiger partial charge is 0.380 e. The van der Waals surface area contributed by atoms with E-state index in [2.05, 4.69) is 21.8 Å². The fourth-order valence-electron chi connectivity index (χ4n) is 3.11. The van der Waals surface area contributed by atoms with Gasteiger partial charge in [0.25, 0.3) is 11.5 Å². The van der Waals surface area contributed by atoms with E-state index >= 15 is 0 Å². The average molecular weight is 370 g/mol. The first-order valence-electron chi connectivity index (χ1n) is 9.41. The Kier molecular flexibility index (Phi) is 6.73. The van der Waals surface area contributed by atoms with Crippen LogP contribution in [-0.2, 0) is 4.74 Å². The maximum Gasteiger partial charge on any atom is 0.266 e. The van der Waals surface area contributed by atoms with Crippen LogP contribution >= 0.6 is 0 Å². The molecule has 0 radical (unpaired) electrons. The zero-order chi connectivity index (χ0) is 19.1. The molecule has 1 aliphatic heterocycles. The number of carbonyl (C=O) groups is 1. The predicted octanol–water partition coefficient (Wildman–Crippen LogP) is 1.62. The lowest BCUT2D eigenvalue weighted by Crippen LogP contribution is -2.49. The van der Waals surface area contributed by atoms with E-state index in [1.165, 1.54) is 6.20 Å². The molecule has 7 nitrogen and oxygen atoms in total. The number of aromatic amines is 1. The molecule has 1 saturated heterocycles. The molecule has 1 fully saturated rings. The van der Waals surface area contributed by atoms with Crippen LogP contribution < -0.4 is 5.56 Å². The fourth-order valence-corrected chi connectivity index (χ4v) is 3.11. The topological polar surface area (TPSA) is 78.5 Å². The van der Waals surface area contributed by atoms with Gasteiger partial charge in [-0.3, -0.25) is 19.5 Å². The van der Waals surface area contributed by atoms with E-state index in [0.717, 1.165) is 57.9 Å². The van der Waals surface area contributed by atoms with Crippen molar-refractivity contribution in [2.24, 2.45) is 0 Å². The number of hydrogen-bond donors (Lipinski definition) is 1. The molecule has 27 heavy (non-hydrogen) atoms. The van der Waals surface area contributed by atoms with E-state index in [1.807, 2.05) is 17.0 Å². The number of rotatable bonds is 7. The monoisotopic (exact) mass is 370 g/mol. The quantitative estimate of drug-likeness (QED) is 0.750. The van der Waals surface area contributed by atoms with E-state index < -0.39 is 0 Å². The Labute approximate surface area is 159 Å². The van der Waals surface area contributed by atoms with Crippen LogP contribution in [0.25, 0.3) is 11.3 Å². The zero-order valence-corrected chi connectivity index (χ0v) is 15.7. The lowest BCUT2D eigenvalue weighted by atomic mass is 10.1. The van der Waals surface area contributed by atoms with Crippen molar-refractivity contribution in [2.75, 3.05) is 45.9 Å². The van der Waals surface area contributed by atoms with Crippen molar-refractivity contribution < 1.29 is 9.53 Å². The highest BCUT2D eigenvalue weighted by atomic mass is 16.5. The van der Waals surface area contributed by atoms with Crippen molar-refractivity contribution in [1.82, 2.24) is 19.8 Å². The fraction of sp³-hybridized carbons (Fsp3) is 0.450. The first-order chi connectivity index (χ1) is 13.2. The molecule has 2 heterocycles. The molecule has 0 spiro atoms. The Bertz CT molecular complexity index is 795.